The van der Waals surface area contributed by atoms with Crippen LogP contribution < -0.4 is 11.3 Å². The number of nitrogens with zero attached hydrogens (tertiary/aromatic N) is 3. The van der Waals surface area contributed by atoms with Crippen LogP contribution >= 0.6 is 7.60 Å². The van der Waals surface area contributed by atoms with Gasteiger partial charge in [0.25, 0.3) is 5.56 Å². The molecule has 5 N–H and O–H groups in total. The molecule has 0 spiro atoms. The van der Waals surface area contributed by atoms with Crippen LogP contribution in [0.3, 0.4) is 0 Å². The van der Waals surface area contributed by atoms with Gasteiger partial charge in [-0.1, -0.05) is 0 Å². The molecule has 2 heterocycles. The summed E-state index contributed by atoms with van der Waals surface area (Å²) in [6, 6.07) is 0. The van der Waals surface area contributed by atoms with Crippen molar-refractivity contribution in [2.45, 2.75) is 19.6 Å². The summed E-state index contributed by atoms with van der Waals surface area (Å²) in [7, 11) is -3.61. The molecule has 0 bridgehead atoms. The minimum atomic E-state index is -3.61. The van der Waals surface area contributed by atoms with E-state index < -0.39 is 26.0 Å². The topological polar surface area (TPSA) is 166 Å². The molecule has 12 heteroatoms. The van der Waals surface area contributed by atoms with Crippen molar-refractivity contribution in [2.24, 2.45) is 0 Å². The molecule has 2 unspecified atom stereocenters. The van der Waals surface area contributed by atoms with Crippen LogP contribution in [0.1, 0.15) is 19.6 Å². The Morgan fingerprint density at radius 3 is 2.96 bits per heavy atom. The van der Waals surface area contributed by atoms with E-state index in [4.69, 9.17) is 15.0 Å². The highest BCUT2D eigenvalue weighted by Gasteiger charge is 2.20. The van der Waals surface area contributed by atoms with Gasteiger partial charge >= 0.3 is 7.60 Å². The van der Waals surface area contributed by atoms with Gasteiger partial charge in [0, 0.05) is 6.61 Å². The number of hydrogen-bond donors (Lipinski definition) is 4. The third kappa shape index (κ3) is 4.40. The summed E-state index contributed by atoms with van der Waals surface area (Å²) in [5, 5.41) is 9.49. The van der Waals surface area contributed by atoms with Gasteiger partial charge in [0.05, 0.1) is 25.7 Å². The fourth-order valence-corrected chi connectivity index (χ4v) is 3.19. The average molecular weight is 361 g/mol. The van der Waals surface area contributed by atoms with E-state index >= 15 is 0 Å². The molecule has 134 valence electrons. The van der Waals surface area contributed by atoms with E-state index in [9.17, 15) is 19.4 Å². The van der Waals surface area contributed by atoms with Crippen LogP contribution in [0.5, 0.6) is 0 Å². The summed E-state index contributed by atoms with van der Waals surface area (Å²) in [6.07, 6.45) is 0.653. The molecule has 0 aromatic carbocycles. The lowest BCUT2D eigenvalue weighted by molar-refractivity contribution is -0.0320. The Labute approximate surface area is 137 Å². The fourth-order valence-electron chi connectivity index (χ4n) is 2.12. The first-order chi connectivity index (χ1) is 11.4. The summed E-state index contributed by atoms with van der Waals surface area (Å²) in [4.78, 5) is 31.4. The van der Waals surface area contributed by atoms with Crippen LogP contribution in [-0.2, 0) is 13.8 Å². The number of fused-ring (bicyclic) bond motifs is 1. The van der Waals surface area contributed by atoms with E-state index in [2.05, 4.69) is 15.0 Å². The molecule has 0 aliphatic heterocycles. The number of aliphatic hydroxyl groups is 1. The molecule has 0 saturated heterocycles. The zero-order chi connectivity index (χ0) is 17.7. The van der Waals surface area contributed by atoms with E-state index in [0.717, 1.165) is 0 Å². The second kappa shape index (κ2) is 7.86. The minimum Gasteiger partial charge on any atom is -0.392 e. The largest absolute Gasteiger partial charge is 0.392 e. The number of rotatable bonds is 9. The quantitative estimate of drug-likeness (QED) is 0.350. The van der Waals surface area contributed by atoms with Crippen molar-refractivity contribution in [1.29, 1.82) is 0 Å². The van der Waals surface area contributed by atoms with E-state index in [-0.39, 0.29) is 42.9 Å². The molecular weight excluding hydrogens is 341 g/mol. The van der Waals surface area contributed by atoms with Gasteiger partial charge in [-0.15, -0.1) is 0 Å². The maximum Gasteiger partial charge on any atom is 0.328 e. The smallest absolute Gasteiger partial charge is 0.328 e. The van der Waals surface area contributed by atoms with Crippen LogP contribution in [0.2, 0.25) is 0 Å². The summed E-state index contributed by atoms with van der Waals surface area (Å²) in [5.74, 6) is -0.0797. The molecule has 0 saturated carbocycles. The zero-order valence-electron chi connectivity index (χ0n) is 13.1. The normalized spacial score (nSPS) is 15.5. The number of nitrogen functional groups attached to an aromatic ring is 1. The highest BCUT2D eigenvalue weighted by atomic mass is 31.2. The van der Waals surface area contributed by atoms with Crippen LogP contribution in [0.25, 0.3) is 11.2 Å². The maximum absolute atomic E-state index is 11.7. The number of nitrogens with two attached hydrogens (primary N) is 1. The van der Waals surface area contributed by atoms with Crippen molar-refractivity contribution in [3.05, 3.63) is 16.7 Å². The second-order valence-corrected chi connectivity index (χ2v) is 6.90. The van der Waals surface area contributed by atoms with Gasteiger partial charge in [-0.3, -0.25) is 18.9 Å². The number of hydrogen-bond acceptors (Lipinski definition) is 8. The molecule has 24 heavy (non-hydrogen) atoms. The molecule has 0 amide bonds. The van der Waals surface area contributed by atoms with Crippen molar-refractivity contribution in [1.82, 2.24) is 19.5 Å². The van der Waals surface area contributed by atoms with Crippen molar-refractivity contribution in [3.8, 4) is 0 Å². The SMILES string of the molecule is CCOP(=O)(O)CCCOC(CO)n1cnc2c(=O)[nH]c(N)nc21. The Balaban J connectivity index is 2.05. The molecule has 0 radical (unpaired) electrons. The highest BCUT2D eigenvalue weighted by molar-refractivity contribution is 7.52. The van der Waals surface area contributed by atoms with Crippen molar-refractivity contribution in [3.63, 3.8) is 0 Å². The lowest BCUT2D eigenvalue weighted by Gasteiger charge is -2.18. The molecule has 11 nitrogen and oxygen atoms in total. The molecule has 2 atom stereocenters. The van der Waals surface area contributed by atoms with Crippen molar-refractivity contribution >= 4 is 24.7 Å². The Kier molecular flexibility index (Phi) is 6.08. The van der Waals surface area contributed by atoms with Crippen LogP contribution in [0.15, 0.2) is 11.1 Å². The second-order valence-electron chi connectivity index (χ2n) is 4.92. The zero-order valence-corrected chi connectivity index (χ0v) is 14.0. The first-order valence-electron chi connectivity index (χ1n) is 7.29. The summed E-state index contributed by atoms with van der Waals surface area (Å²) < 4.78 is 23.2. The molecule has 0 fully saturated rings. The summed E-state index contributed by atoms with van der Waals surface area (Å²) in [5.41, 5.74) is 5.26. The maximum atomic E-state index is 11.7. The Morgan fingerprint density at radius 1 is 1.54 bits per heavy atom. The molecule has 2 aromatic rings. The summed E-state index contributed by atoms with van der Waals surface area (Å²) in [6.45, 7) is 1.48. The van der Waals surface area contributed by atoms with Crippen LogP contribution in [0, 0.1) is 0 Å². The Bertz CT molecular complexity index is 790. The number of ether oxygens (including phenoxy) is 1. The number of nitrogens with one attached hydrogen (secondary N) is 1. The molecule has 2 aromatic heterocycles. The standard InChI is InChI=1S/C12H20N5O6P/c1-2-23-24(20,21)5-3-4-22-8(6-18)17-7-14-9-10(17)15-12(13)16-11(9)19/h7-8,18H,2-6H2,1H3,(H,20,21)(H3,13,15,16,19). The molecule has 2 rings (SSSR count). The predicted molar refractivity (Wildman–Crippen MR) is 85.6 cm³/mol. The first kappa shape index (κ1) is 18.6. The minimum absolute atomic E-state index is 0.0610. The molecule has 0 aliphatic rings. The lowest BCUT2D eigenvalue weighted by atomic mass is 10.5. The molecule has 0 aliphatic carbocycles. The van der Waals surface area contributed by atoms with Gasteiger partial charge in [-0.25, -0.2) is 4.98 Å². The third-order valence-corrected chi connectivity index (χ3v) is 4.69. The van der Waals surface area contributed by atoms with Gasteiger partial charge in [0.2, 0.25) is 5.95 Å². The van der Waals surface area contributed by atoms with E-state index in [1.807, 2.05) is 0 Å². The highest BCUT2D eigenvalue weighted by Crippen LogP contribution is 2.42. The van der Waals surface area contributed by atoms with Crippen LogP contribution in [0.4, 0.5) is 5.95 Å². The summed E-state index contributed by atoms with van der Waals surface area (Å²) >= 11 is 0. The van der Waals surface area contributed by atoms with Crippen LogP contribution in [-0.4, -0.2) is 55.5 Å². The van der Waals surface area contributed by atoms with Gasteiger partial charge in [0.1, 0.15) is 0 Å². The van der Waals surface area contributed by atoms with Gasteiger partial charge in [-0.05, 0) is 13.3 Å². The number of anilines is 1. The fraction of sp³-hybridized carbons (Fsp3) is 0.583. The van der Waals surface area contributed by atoms with Crippen molar-refractivity contribution < 1.29 is 23.8 Å². The van der Waals surface area contributed by atoms with E-state index in [1.165, 1.54) is 10.9 Å². The van der Waals surface area contributed by atoms with Gasteiger partial charge in [-0.2, -0.15) is 4.98 Å². The number of aromatic amines is 1. The Hall–Kier alpha value is -1.78. The number of aromatic nitrogens is 4. The predicted octanol–water partition coefficient (Wildman–Crippen LogP) is -0.179. The number of H-pyrrole nitrogens is 1. The van der Waals surface area contributed by atoms with Gasteiger partial charge < -0.3 is 25.0 Å². The first-order valence-corrected chi connectivity index (χ1v) is 9.05. The third-order valence-electron chi connectivity index (χ3n) is 3.14. The van der Waals surface area contributed by atoms with E-state index in [1.54, 1.807) is 6.92 Å². The number of aliphatic hydroxyl groups excluding tert-OH is 1. The van der Waals surface area contributed by atoms with Crippen molar-refractivity contribution in [2.75, 3.05) is 31.7 Å². The van der Waals surface area contributed by atoms with E-state index in [0.29, 0.717) is 0 Å². The molecular formula is C12H20N5O6P. The van der Waals surface area contributed by atoms with Gasteiger partial charge in [0.15, 0.2) is 17.4 Å². The lowest BCUT2D eigenvalue weighted by Crippen LogP contribution is -2.19. The average Bonchev–Trinajstić information content (AvgIpc) is 2.91. The monoisotopic (exact) mass is 361 g/mol. The number of imidazole rings is 1. The Morgan fingerprint density at radius 2 is 2.29 bits per heavy atom.